The first kappa shape index (κ1) is 34.1. The Hall–Kier alpha value is -2.94. The fourth-order valence-corrected chi connectivity index (χ4v) is 4.14. The lowest BCUT2D eigenvalue weighted by molar-refractivity contribution is -0.147. The number of nitrogens with two attached hydrogens (primary N) is 1. The van der Waals surface area contributed by atoms with E-state index in [-0.39, 0.29) is 48.8 Å². The van der Waals surface area contributed by atoms with Gasteiger partial charge in [0.25, 0.3) is 0 Å². The fourth-order valence-electron chi connectivity index (χ4n) is 4.14. The molecule has 0 spiro atoms. The number of ether oxygens (including phenoxy) is 3. The van der Waals surface area contributed by atoms with Gasteiger partial charge in [-0.1, -0.05) is 73.3 Å². The number of carbonyl (C=O) groups is 4. The number of carbonyl (C=O) groups excluding carboxylic acids is 3. The van der Waals surface area contributed by atoms with Crippen molar-refractivity contribution in [2.45, 2.75) is 111 Å². The Morgan fingerprint density at radius 3 is 1.90 bits per heavy atom. The predicted octanol–water partition coefficient (Wildman–Crippen LogP) is 5.77. The first-order chi connectivity index (χ1) is 18.3. The molecule has 3 N–H and O–H groups in total. The second-order valence-electron chi connectivity index (χ2n) is 11.4. The zero-order valence-electron chi connectivity index (χ0n) is 24.4. The number of unbranched alkanes of at least 4 members (excludes halogenated alkanes) is 4. The van der Waals surface area contributed by atoms with E-state index in [1.165, 1.54) is 12.1 Å². The Kier molecular flexibility index (Phi) is 14.8. The van der Waals surface area contributed by atoms with Crippen LogP contribution >= 0.6 is 0 Å². The van der Waals surface area contributed by atoms with E-state index < -0.39 is 35.8 Å². The van der Waals surface area contributed by atoms with E-state index in [4.69, 9.17) is 19.9 Å². The van der Waals surface area contributed by atoms with E-state index in [0.29, 0.717) is 18.4 Å². The molecule has 0 bridgehead atoms. The summed E-state index contributed by atoms with van der Waals surface area (Å²) < 4.78 is 16.5. The summed E-state index contributed by atoms with van der Waals surface area (Å²) in [4.78, 5) is 49.1. The smallest absolute Gasteiger partial charge is 0.321 e. The molecule has 1 aromatic carbocycles. The van der Waals surface area contributed by atoms with E-state index in [9.17, 15) is 24.3 Å². The van der Waals surface area contributed by atoms with E-state index in [1.54, 1.807) is 13.0 Å². The fraction of sp³-hybridized carbons (Fsp3) is 0.667. The van der Waals surface area contributed by atoms with Gasteiger partial charge in [-0.25, -0.2) is 0 Å². The van der Waals surface area contributed by atoms with Gasteiger partial charge in [0.1, 0.15) is 6.04 Å². The van der Waals surface area contributed by atoms with Gasteiger partial charge >= 0.3 is 23.9 Å². The Labute approximate surface area is 232 Å². The highest BCUT2D eigenvalue weighted by molar-refractivity contribution is 5.77. The minimum atomic E-state index is -1.32. The number of benzene rings is 1. The van der Waals surface area contributed by atoms with Crippen molar-refractivity contribution in [3.8, 4) is 11.5 Å². The van der Waals surface area contributed by atoms with Crippen molar-refractivity contribution in [3.63, 3.8) is 0 Å². The first-order valence-corrected chi connectivity index (χ1v) is 14.0. The highest BCUT2D eigenvalue weighted by Gasteiger charge is 2.33. The lowest BCUT2D eigenvalue weighted by atomic mass is 9.82. The standard InChI is InChI=1S/C30H47NO8/c1-7-9-11-13-24(32)38-22-16-15-21(17-23(22)39-25(33)14-12-10-8-2)27(28(31)29(35)36)20(3)19-37-26(34)18-30(4,5)6/h15-17,20,27-28H,7-14,18-19,31H2,1-6H3,(H,35,36)/t20?,27?,28-/m0/s1. The second-order valence-corrected chi connectivity index (χ2v) is 11.4. The predicted molar refractivity (Wildman–Crippen MR) is 149 cm³/mol. The lowest BCUT2D eigenvalue weighted by Gasteiger charge is -2.28. The molecule has 220 valence electrons. The minimum Gasteiger partial charge on any atom is -0.480 e. The highest BCUT2D eigenvalue weighted by atomic mass is 16.6. The Morgan fingerprint density at radius 2 is 1.41 bits per heavy atom. The van der Waals surface area contributed by atoms with Crippen LogP contribution in [0.4, 0.5) is 0 Å². The zero-order chi connectivity index (χ0) is 29.6. The van der Waals surface area contributed by atoms with Crippen LogP contribution in [-0.2, 0) is 23.9 Å². The van der Waals surface area contributed by atoms with Crippen LogP contribution in [0.25, 0.3) is 0 Å². The molecule has 1 aromatic rings. The van der Waals surface area contributed by atoms with Crippen LogP contribution in [-0.4, -0.2) is 41.6 Å². The largest absolute Gasteiger partial charge is 0.480 e. The molecule has 0 saturated heterocycles. The van der Waals surface area contributed by atoms with Crippen molar-refractivity contribution in [2.24, 2.45) is 17.1 Å². The molecular weight excluding hydrogens is 502 g/mol. The highest BCUT2D eigenvalue weighted by Crippen LogP contribution is 2.36. The monoisotopic (exact) mass is 549 g/mol. The van der Waals surface area contributed by atoms with Crippen molar-refractivity contribution in [3.05, 3.63) is 23.8 Å². The van der Waals surface area contributed by atoms with Crippen LogP contribution in [0.2, 0.25) is 0 Å². The maximum Gasteiger partial charge on any atom is 0.321 e. The molecule has 3 atom stereocenters. The van der Waals surface area contributed by atoms with Gasteiger partial charge in [-0.05, 0) is 41.9 Å². The molecule has 1 rings (SSSR count). The molecule has 0 aliphatic heterocycles. The summed E-state index contributed by atoms with van der Waals surface area (Å²) in [6.45, 7) is 11.5. The molecule has 0 radical (unpaired) electrons. The normalized spacial score (nSPS) is 13.7. The maximum atomic E-state index is 12.5. The number of hydrogen-bond acceptors (Lipinski definition) is 8. The first-order valence-electron chi connectivity index (χ1n) is 14.0. The summed E-state index contributed by atoms with van der Waals surface area (Å²) in [6.07, 6.45) is 5.63. The summed E-state index contributed by atoms with van der Waals surface area (Å²) in [5, 5.41) is 9.72. The topological polar surface area (TPSA) is 142 Å². The molecule has 9 nitrogen and oxygen atoms in total. The van der Waals surface area contributed by atoms with E-state index in [0.717, 1.165) is 25.7 Å². The minimum absolute atomic E-state index is 0.0253. The Bertz CT molecular complexity index is 953. The third kappa shape index (κ3) is 13.1. The van der Waals surface area contributed by atoms with Crippen LogP contribution < -0.4 is 15.2 Å². The third-order valence-electron chi connectivity index (χ3n) is 6.24. The van der Waals surface area contributed by atoms with E-state index in [2.05, 4.69) is 0 Å². The summed E-state index contributed by atoms with van der Waals surface area (Å²) in [5.74, 6) is -3.69. The van der Waals surface area contributed by atoms with Crippen molar-refractivity contribution in [1.82, 2.24) is 0 Å². The number of rotatable bonds is 17. The summed E-state index contributed by atoms with van der Waals surface area (Å²) in [7, 11) is 0. The molecule has 0 fully saturated rings. The molecule has 0 aliphatic rings. The van der Waals surface area contributed by atoms with Crippen molar-refractivity contribution in [1.29, 1.82) is 0 Å². The number of carboxylic acid groups (broad SMARTS) is 1. The number of hydrogen-bond donors (Lipinski definition) is 2. The van der Waals surface area contributed by atoms with Crippen LogP contribution in [0.3, 0.4) is 0 Å². The van der Waals surface area contributed by atoms with Crippen molar-refractivity contribution >= 4 is 23.9 Å². The van der Waals surface area contributed by atoms with Crippen LogP contribution in [0.5, 0.6) is 11.5 Å². The third-order valence-corrected chi connectivity index (χ3v) is 6.24. The quantitative estimate of drug-likeness (QED) is 0.141. The van der Waals surface area contributed by atoms with Gasteiger partial charge in [-0.2, -0.15) is 0 Å². The van der Waals surface area contributed by atoms with Crippen molar-refractivity contribution in [2.75, 3.05) is 6.61 Å². The summed E-state index contributed by atoms with van der Waals surface area (Å²) in [5.41, 5.74) is 6.30. The van der Waals surface area contributed by atoms with Gasteiger partial charge in [0.2, 0.25) is 0 Å². The number of esters is 3. The van der Waals surface area contributed by atoms with Gasteiger partial charge in [0.15, 0.2) is 11.5 Å². The second kappa shape index (κ2) is 16.9. The Balaban J connectivity index is 3.28. The van der Waals surface area contributed by atoms with Gasteiger partial charge < -0.3 is 25.1 Å². The molecule has 0 aromatic heterocycles. The lowest BCUT2D eigenvalue weighted by Crippen LogP contribution is -2.40. The number of carboxylic acids is 1. The molecule has 9 heteroatoms. The maximum absolute atomic E-state index is 12.5. The van der Waals surface area contributed by atoms with Gasteiger partial charge in [-0.3, -0.25) is 19.2 Å². The van der Waals surface area contributed by atoms with E-state index in [1.807, 2.05) is 34.6 Å². The van der Waals surface area contributed by atoms with Crippen molar-refractivity contribution < 1.29 is 38.5 Å². The summed E-state index contributed by atoms with van der Waals surface area (Å²) in [6, 6.07) is 3.26. The molecule has 2 unspecified atom stereocenters. The molecule has 0 aliphatic carbocycles. The van der Waals surface area contributed by atoms with Crippen LogP contribution in [0.1, 0.15) is 111 Å². The molecule has 39 heavy (non-hydrogen) atoms. The SMILES string of the molecule is CCCCCC(=O)Oc1ccc(C(C(C)COC(=O)CC(C)(C)C)[C@H](N)C(=O)O)cc1OC(=O)CCCCC. The molecular formula is C30H47NO8. The van der Waals surface area contributed by atoms with Crippen LogP contribution in [0.15, 0.2) is 18.2 Å². The average Bonchev–Trinajstić information content (AvgIpc) is 2.83. The van der Waals surface area contributed by atoms with Gasteiger partial charge in [0.05, 0.1) is 13.0 Å². The molecule has 0 amide bonds. The van der Waals surface area contributed by atoms with E-state index >= 15 is 0 Å². The van der Waals surface area contributed by atoms with Crippen LogP contribution in [0, 0.1) is 11.3 Å². The average molecular weight is 550 g/mol. The summed E-state index contributed by atoms with van der Waals surface area (Å²) >= 11 is 0. The van der Waals surface area contributed by atoms with Gasteiger partial charge in [-0.15, -0.1) is 0 Å². The Morgan fingerprint density at radius 1 is 0.872 bits per heavy atom. The zero-order valence-corrected chi connectivity index (χ0v) is 24.4. The molecule has 0 heterocycles. The molecule has 0 saturated carbocycles. The van der Waals surface area contributed by atoms with Gasteiger partial charge in [0, 0.05) is 18.8 Å². The number of aliphatic carboxylic acids is 1.